The highest BCUT2D eigenvalue weighted by Gasteiger charge is 2.33. The minimum atomic E-state index is -4.41. The van der Waals surface area contributed by atoms with Gasteiger partial charge >= 0.3 is 6.18 Å². The Morgan fingerprint density at radius 3 is 2.47 bits per heavy atom. The summed E-state index contributed by atoms with van der Waals surface area (Å²) in [5.74, 6) is 0.742. The van der Waals surface area contributed by atoms with E-state index in [0.717, 1.165) is 28.2 Å². The maximum atomic E-state index is 13.4. The van der Waals surface area contributed by atoms with E-state index in [1.54, 1.807) is 19.2 Å². The van der Waals surface area contributed by atoms with Crippen molar-refractivity contribution in [1.29, 1.82) is 0 Å². The zero-order valence-corrected chi connectivity index (χ0v) is 23.4. The second-order valence-electron chi connectivity index (χ2n) is 9.78. The lowest BCUT2D eigenvalue weighted by Gasteiger charge is -2.40. The predicted molar refractivity (Wildman–Crippen MR) is 144 cm³/mol. The van der Waals surface area contributed by atoms with Gasteiger partial charge in [0.15, 0.2) is 5.49 Å². The fraction of sp³-hybridized carbons (Fsp3) is 0.448. The normalized spacial score (nSPS) is 15.7. The fourth-order valence-corrected chi connectivity index (χ4v) is 4.84. The number of carbonyl (C=O) groups excluding carboxylic acids is 1. The number of aryl methyl sites for hydroxylation is 2. The van der Waals surface area contributed by atoms with E-state index in [4.69, 9.17) is 4.98 Å². The van der Waals surface area contributed by atoms with E-state index in [2.05, 4.69) is 16.1 Å². The van der Waals surface area contributed by atoms with Crippen LogP contribution in [-0.2, 0) is 24.6 Å². The molecule has 3 aromatic rings. The highest BCUT2D eigenvalue weighted by molar-refractivity contribution is 5.82. The van der Waals surface area contributed by atoms with Gasteiger partial charge < -0.3 is 9.47 Å². The molecular weight excluding hydrogens is 491 g/mol. The van der Waals surface area contributed by atoms with Crippen LogP contribution in [0.1, 0.15) is 69.2 Å². The number of amides is 1. The van der Waals surface area contributed by atoms with Crippen LogP contribution in [0.15, 0.2) is 41.5 Å². The zero-order valence-electron chi connectivity index (χ0n) is 23.4. The van der Waals surface area contributed by atoms with E-state index in [9.17, 15) is 18.0 Å². The van der Waals surface area contributed by atoms with Crippen LogP contribution in [0.25, 0.3) is 16.5 Å². The third kappa shape index (κ3) is 5.81. The topological polar surface area (TPSA) is 63.4 Å². The first-order chi connectivity index (χ1) is 17.8. The molecule has 0 fully saturated rings. The molecular formula is C29H36F3N5O. The summed E-state index contributed by atoms with van der Waals surface area (Å²) in [4.78, 5) is 27.8. The Balaban J connectivity index is 0.00000195. The highest BCUT2D eigenvalue weighted by atomic mass is 19.4. The van der Waals surface area contributed by atoms with Gasteiger partial charge in [0.25, 0.3) is 0 Å². The fourth-order valence-electron chi connectivity index (χ4n) is 4.84. The number of rotatable bonds is 3. The van der Waals surface area contributed by atoms with Gasteiger partial charge in [0.1, 0.15) is 5.82 Å². The SMILES string of the molecule is CC.CC(=O)N1CCC(c2cc3c(=NCc4cccc(C(F)(F)F)c4C)nc(C)n(C)c3cn2)=CC1(C)C. The van der Waals surface area contributed by atoms with Crippen LogP contribution in [-0.4, -0.2) is 37.4 Å². The van der Waals surface area contributed by atoms with Crippen molar-refractivity contribution in [2.24, 2.45) is 12.0 Å². The number of hydrogen-bond donors (Lipinski definition) is 0. The minimum absolute atomic E-state index is 0.0273. The molecule has 9 heteroatoms. The Hall–Kier alpha value is -3.49. The lowest BCUT2D eigenvalue weighted by molar-refractivity contribution is -0.138. The van der Waals surface area contributed by atoms with Gasteiger partial charge in [-0.05, 0) is 62.9 Å². The van der Waals surface area contributed by atoms with Crippen molar-refractivity contribution in [1.82, 2.24) is 19.4 Å². The van der Waals surface area contributed by atoms with Crippen molar-refractivity contribution < 1.29 is 18.0 Å². The highest BCUT2D eigenvalue weighted by Crippen LogP contribution is 2.33. The molecule has 2 aromatic heterocycles. The smallest absolute Gasteiger partial charge is 0.334 e. The summed E-state index contributed by atoms with van der Waals surface area (Å²) in [6, 6.07) is 6.09. The number of fused-ring (bicyclic) bond motifs is 1. The Labute approximate surface area is 222 Å². The summed E-state index contributed by atoms with van der Waals surface area (Å²) >= 11 is 0. The largest absolute Gasteiger partial charge is 0.416 e. The van der Waals surface area contributed by atoms with Crippen LogP contribution >= 0.6 is 0 Å². The van der Waals surface area contributed by atoms with E-state index in [-0.39, 0.29) is 18.0 Å². The van der Waals surface area contributed by atoms with Crippen LogP contribution in [0.5, 0.6) is 0 Å². The monoisotopic (exact) mass is 527 g/mol. The van der Waals surface area contributed by atoms with E-state index in [1.165, 1.54) is 13.0 Å². The van der Waals surface area contributed by atoms with Crippen LogP contribution in [0.4, 0.5) is 13.2 Å². The Morgan fingerprint density at radius 1 is 1.18 bits per heavy atom. The quantitative estimate of drug-likeness (QED) is 0.411. The summed E-state index contributed by atoms with van der Waals surface area (Å²) in [7, 11) is 1.89. The standard InChI is InChI=1S/C27H30F3N5O.C2H6/c1-16-20(8-7-9-22(16)27(28,29)30)14-32-25-21-12-23(31-15-24(21)34(6)17(2)33-25)19-10-11-35(18(3)36)26(4,5)13-19;1-2/h7-9,12-13,15H,10-11,14H2,1-6H3;1-2H3. The van der Waals surface area contributed by atoms with E-state index in [0.29, 0.717) is 29.8 Å². The molecule has 4 rings (SSSR count). The van der Waals surface area contributed by atoms with Crippen LogP contribution in [0, 0.1) is 13.8 Å². The molecule has 1 aromatic carbocycles. The molecule has 0 aliphatic carbocycles. The molecule has 0 N–H and O–H groups in total. The van der Waals surface area contributed by atoms with Gasteiger partial charge in [0, 0.05) is 25.9 Å². The van der Waals surface area contributed by atoms with Gasteiger partial charge in [0.05, 0.1) is 35.1 Å². The summed E-state index contributed by atoms with van der Waals surface area (Å²) in [5.41, 5.74) is 2.67. The van der Waals surface area contributed by atoms with Crippen molar-refractivity contribution in [2.45, 2.75) is 73.1 Å². The molecule has 0 bridgehead atoms. The van der Waals surface area contributed by atoms with Crippen molar-refractivity contribution in [3.63, 3.8) is 0 Å². The van der Waals surface area contributed by atoms with Gasteiger partial charge in [-0.1, -0.05) is 32.1 Å². The molecule has 0 saturated carbocycles. The molecule has 1 aliphatic rings. The molecule has 0 unspecified atom stereocenters. The predicted octanol–water partition coefficient (Wildman–Crippen LogP) is 6.15. The second kappa shape index (κ2) is 11.1. The molecule has 0 radical (unpaired) electrons. The van der Waals surface area contributed by atoms with Crippen LogP contribution in [0.2, 0.25) is 0 Å². The lowest BCUT2D eigenvalue weighted by atomic mass is 9.90. The van der Waals surface area contributed by atoms with E-state index < -0.39 is 17.3 Å². The Morgan fingerprint density at radius 2 is 1.87 bits per heavy atom. The molecule has 0 saturated heterocycles. The Bertz CT molecular complexity index is 1450. The number of alkyl halides is 3. The summed E-state index contributed by atoms with van der Waals surface area (Å²) in [6.45, 7) is 13.6. The maximum Gasteiger partial charge on any atom is 0.416 e. The van der Waals surface area contributed by atoms with Gasteiger partial charge in [-0.25, -0.2) is 4.98 Å². The summed E-state index contributed by atoms with van der Waals surface area (Å²) in [5, 5.41) is 0.769. The number of hydrogen-bond acceptors (Lipinski definition) is 4. The molecule has 0 spiro atoms. The second-order valence-corrected chi connectivity index (χ2v) is 9.78. The molecule has 1 amide bonds. The van der Waals surface area contributed by atoms with Crippen molar-refractivity contribution in [3.8, 4) is 0 Å². The van der Waals surface area contributed by atoms with Crippen LogP contribution in [0.3, 0.4) is 0 Å². The first-order valence-electron chi connectivity index (χ1n) is 12.8. The average molecular weight is 528 g/mol. The van der Waals surface area contributed by atoms with Gasteiger partial charge in [-0.2, -0.15) is 13.2 Å². The molecule has 6 nitrogen and oxygen atoms in total. The minimum Gasteiger partial charge on any atom is -0.334 e. The van der Waals surface area contributed by atoms with Crippen LogP contribution < -0.4 is 5.49 Å². The third-order valence-electron chi connectivity index (χ3n) is 6.93. The Kier molecular flexibility index (Phi) is 8.48. The summed E-state index contributed by atoms with van der Waals surface area (Å²) in [6.07, 6.45) is 0.0978. The van der Waals surface area contributed by atoms with Crippen molar-refractivity contribution in [3.05, 3.63) is 70.2 Å². The molecule has 0 atom stereocenters. The molecule has 204 valence electrons. The first kappa shape index (κ1) is 29.1. The number of carbonyl (C=O) groups is 1. The summed E-state index contributed by atoms with van der Waals surface area (Å²) < 4.78 is 42.0. The van der Waals surface area contributed by atoms with Gasteiger partial charge in [0.2, 0.25) is 5.91 Å². The van der Waals surface area contributed by atoms with E-state index >= 15 is 0 Å². The number of halogens is 3. The number of aromatic nitrogens is 3. The molecule has 3 heterocycles. The number of nitrogens with zero attached hydrogens (tertiary/aromatic N) is 5. The van der Waals surface area contributed by atoms with E-state index in [1.807, 2.05) is 57.2 Å². The molecule has 38 heavy (non-hydrogen) atoms. The number of pyridine rings is 1. The molecule has 1 aliphatic heterocycles. The van der Waals surface area contributed by atoms with Gasteiger partial charge in [-0.3, -0.25) is 14.8 Å². The van der Waals surface area contributed by atoms with Crippen molar-refractivity contribution in [2.75, 3.05) is 6.54 Å². The maximum absolute atomic E-state index is 13.4. The van der Waals surface area contributed by atoms with Crippen molar-refractivity contribution >= 4 is 22.4 Å². The lowest BCUT2D eigenvalue weighted by Crippen LogP contribution is -2.48. The zero-order chi connectivity index (χ0) is 28.4. The average Bonchev–Trinajstić information content (AvgIpc) is 2.85. The third-order valence-corrected chi connectivity index (χ3v) is 6.93. The van der Waals surface area contributed by atoms with Gasteiger partial charge in [-0.15, -0.1) is 0 Å². The number of benzene rings is 1. The first-order valence-corrected chi connectivity index (χ1v) is 12.8.